The predicted molar refractivity (Wildman–Crippen MR) is 120 cm³/mol. The summed E-state index contributed by atoms with van der Waals surface area (Å²) in [6.45, 7) is 0. The Balaban J connectivity index is 1.25. The zero-order valence-electron chi connectivity index (χ0n) is 19.1. The van der Waals surface area contributed by atoms with Gasteiger partial charge in [0.1, 0.15) is 0 Å². The molecule has 0 amide bonds. The van der Waals surface area contributed by atoms with Crippen LogP contribution in [0, 0.1) is 94.7 Å². The lowest BCUT2D eigenvalue weighted by atomic mass is 9.31. The molecule has 12 unspecified atom stereocenters. The standard InChI is InChI=1S/C30H44/c1-3-17-18(4-1)22-12-8-16-10-14-24-20-6-2-5-19(20)23-13-9-15-7-11-21(17)27-25(15)29(23)30(24)26(16)28(22)27/h15-30H,1-14H2. The summed E-state index contributed by atoms with van der Waals surface area (Å²) < 4.78 is 0. The molecular weight excluding hydrogens is 360 g/mol. The summed E-state index contributed by atoms with van der Waals surface area (Å²) in [5.41, 5.74) is 0. The van der Waals surface area contributed by atoms with Crippen molar-refractivity contribution in [1.29, 1.82) is 0 Å². The molecule has 164 valence electrons. The molecule has 0 spiro atoms. The first-order valence-electron chi connectivity index (χ1n) is 14.9. The summed E-state index contributed by atoms with van der Waals surface area (Å²) in [5.74, 6) is 19.2. The fourth-order valence-electron chi connectivity index (χ4n) is 14.7. The molecule has 0 radical (unpaired) electrons. The van der Waals surface area contributed by atoms with E-state index in [0.29, 0.717) is 0 Å². The Bertz CT molecular complexity index is 620. The molecule has 0 nitrogen and oxygen atoms in total. The fourth-order valence-corrected chi connectivity index (χ4v) is 14.7. The number of rotatable bonds is 0. The van der Waals surface area contributed by atoms with Gasteiger partial charge in [0.05, 0.1) is 0 Å². The van der Waals surface area contributed by atoms with Gasteiger partial charge in [0.2, 0.25) is 0 Å². The van der Waals surface area contributed by atoms with E-state index < -0.39 is 0 Å². The van der Waals surface area contributed by atoms with Crippen LogP contribution in [0.15, 0.2) is 0 Å². The van der Waals surface area contributed by atoms with E-state index >= 15 is 0 Å². The third kappa shape index (κ3) is 1.89. The highest BCUT2D eigenvalue weighted by Gasteiger charge is 2.71. The highest BCUT2D eigenvalue weighted by atomic mass is 14.8. The molecule has 9 aliphatic rings. The second-order valence-corrected chi connectivity index (χ2v) is 14.5. The van der Waals surface area contributed by atoms with Gasteiger partial charge in [-0.3, -0.25) is 0 Å². The van der Waals surface area contributed by atoms with Gasteiger partial charge in [-0.25, -0.2) is 0 Å². The van der Waals surface area contributed by atoms with Crippen molar-refractivity contribution in [3.63, 3.8) is 0 Å². The lowest BCUT2D eigenvalue weighted by molar-refractivity contribution is -0.261. The van der Waals surface area contributed by atoms with Gasteiger partial charge in [0.25, 0.3) is 0 Å². The van der Waals surface area contributed by atoms with E-state index in [1.165, 1.54) is 94.7 Å². The average molecular weight is 405 g/mol. The molecule has 0 aliphatic heterocycles. The molecule has 0 saturated heterocycles. The fraction of sp³-hybridized carbons (Fsp3) is 1.00. The van der Waals surface area contributed by atoms with Crippen molar-refractivity contribution >= 4 is 0 Å². The maximum absolute atomic E-state index is 1.67. The third-order valence-corrected chi connectivity index (χ3v) is 14.7. The van der Waals surface area contributed by atoms with Crippen LogP contribution >= 0.6 is 0 Å². The van der Waals surface area contributed by atoms with Gasteiger partial charge < -0.3 is 0 Å². The van der Waals surface area contributed by atoms with Crippen molar-refractivity contribution < 1.29 is 0 Å². The van der Waals surface area contributed by atoms with E-state index in [9.17, 15) is 0 Å². The van der Waals surface area contributed by atoms with Crippen LogP contribution in [0.2, 0.25) is 0 Å². The van der Waals surface area contributed by atoms with Crippen LogP contribution in [0.25, 0.3) is 0 Å². The van der Waals surface area contributed by atoms with E-state index in [2.05, 4.69) is 0 Å². The molecule has 9 saturated carbocycles. The van der Waals surface area contributed by atoms with Gasteiger partial charge in [0, 0.05) is 0 Å². The van der Waals surface area contributed by atoms with E-state index in [0.717, 1.165) is 0 Å². The summed E-state index contributed by atoms with van der Waals surface area (Å²) in [4.78, 5) is 0. The number of hydrogen-bond acceptors (Lipinski definition) is 0. The molecule has 12 atom stereocenters. The lowest BCUT2D eigenvalue weighted by Crippen LogP contribution is -2.69. The quantitative estimate of drug-likeness (QED) is 0.394. The molecule has 9 aliphatic carbocycles. The molecule has 0 aromatic rings. The molecule has 9 rings (SSSR count). The van der Waals surface area contributed by atoms with Gasteiger partial charge >= 0.3 is 0 Å². The van der Waals surface area contributed by atoms with Crippen molar-refractivity contribution in [1.82, 2.24) is 0 Å². The minimum absolute atomic E-state index is 1.17. The van der Waals surface area contributed by atoms with Gasteiger partial charge in [-0.1, -0.05) is 12.8 Å². The molecule has 0 aromatic heterocycles. The van der Waals surface area contributed by atoms with E-state index in [4.69, 9.17) is 0 Å². The van der Waals surface area contributed by atoms with E-state index in [-0.39, 0.29) is 0 Å². The minimum atomic E-state index is 1.17. The predicted octanol–water partition coefficient (Wildman–Crippen LogP) is 7.43. The molecule has 0 N–H and O–H groups in total. The Morgan fingerprint density at radius 2 is 0.533 bits per heavy atom. The van der Waals surface area contributed by atoms with Crippen LogP contribution in [0.4, 0.5) is 0 Å². The molecular formula is C30H44. The summed E-state index contributed by atoms with van der Waals surface area (Å²) in [7, 11) is 0. The summed E-state index contributed by atoms with van der Waals surface area (Å²) in [5, 5.41) is 0. The van der Waals surface area contributed by atoms with Crippen LogP contribution in [-0.2, 0) is 0 Å². The van der Waals surface area contributed by atoms with Crippen LogP contribution in [0.3, 0.4) is 0 Å². The highest BCUT2D eigenvalue weighted by Crippen LogP contribution is 2.77. The molecule has 9 fully saturated rings. The molecule has 30 heavy (non-hydrogen) atoms. The van der Waals surface area contributed by atoms with Crippen LogP contribution < -0.4 is 0 Å². The number of fused-ring (bicyclic) bond motifs is 6. The van der Waals surface area contributed by atoms with E-state index in [1.807, 2.05) is 0 Å². The maximum atomic E-state index is 1.67. The third-order valence-electron chi connectivity index (χ3n) is 14.7. The van der Waals surface area contributed by atoms with Crippen LogP contribution in [-0.4, -0.2) is 0 Å². The first-order chi connectivity index (χ1) is 14.9. The van der Waals surface area contributed by atoms with Crippen molar-refractivity contribution in [3.05, 3.63) is 0 Å². The molecule has 0 heterocycles. The Labute approximate surface area is 184 Å². The lowest BCUT2D eigenvalue weighted by Gasteiger charge is -2.74. The largest absolute Gasteiger partial charge is 0.0527 e. The highest BCUT2D eigenvalue weighted by molar-refractivity contribution is 5.19. The Morgan fingerprint density at radius 1 is 0.233 bits per heavy atom. The van der Waals surface area contributed by atoms with Crippen molar-refractivity contribution in [2.24, 2.45) is 94.7 Å². The molecule has 0 heteroatoms. The van der Waals surface area contributed by atoms with E-state index in [1.54, 1.807) is 89.9 Å². The van der Waals surface area contributed by atoms with Gasteiger partial charge in [0.15, 0.2) is 0 Å². The molecule has 0 aromatic carbocycles. The topological polar surface area (TPSA) is 0 Å². The van der Waals surface area contributed by atoms with Crippen molar-refractivity contribution in [2.75, 3.05) is 0 Å². The van der Waals surface area contributed by atoms with Gasteiger partial charge in [-0.05, 0) is 172 Å². The Morgan fingerprint density at radius 3 is 0.833 bits per heavy atom. The average Bonchev–Trinajstić information content (AvgIpc) is 3.47. The maximum Gasteiger partial charge on any atom is -0.0315 e. The zero-order chi connectivity index (χ0) is 19.1. The second-order valence-electron chi connectivity index (χ2n) is 14.5. The zero-order valence-corrected chi connectivity index (χ0v) is 19.1. The Hall–Kier alpha value is 0. The van der Waals surface area contributed by atoms with Gasteiger partial charge in [-0.2, -0.15) is 0 Å². The molecule has 0 bridgehead atoms. The smallest absolute Gasteiger partial charge is 0.0315 e. The normalized spacial score (nSPS) is 68.8. The minimum Gasteiger partial charge on any atom is -0.0527 e. The van der Waals surface area contributed by atoms with Crippen molar-refractivity contribution in [3.8, 4) is 0 Å². The van der Waals surface area contributed by atoms with Gasteiger partial charge in [-0.15, -0.1) is 0 Å². The summed E-state index contributed by atoms with van der Waals surface area (Å²) in [6.07, 6.45) is 23.1. The second kappa shape index (κ2) is 5.91. The van der Waals surface area contributed by atoms with Crippen LogP contribution in [0.1, 0.15) is 89.9 Å². The summed E-state index contributed by atoms with van der Waals surface area (Å²) in [6, 6.07) is 0. The first kappa shape index (κ1) is 17.5. The van der Waals surface area contributed by atoms with Crippen LogP contribution in [0.5, 0.6) is 0 Å². The Kier molecular flexibility index (Phi) is 3.44. The number of hydrogen-bond donors (Lipinski definition) is 0. The van der Waals surface area contributed by atoms with Crippen molar-refractivity contribution in [2.45, 2.75) is 89.9 Å². The first-order valence-corrected chi connectivity index (χ1v) is 14.9. The SMILES string of the molecule is C1CC2C(C1)C1CCC3CCC4C5CCCC5C5CCC6CCC2C2C6C5C4C3C12. The monoisotopic (exact) mass is 404 g/mol. The summed E-state index contributed by atoms with van der Waals surface area (Å²) >= 11 is 0.